The molecule has 1 atom stereocenters. The van der Waals surface area contributed by atoms with Crippen LogP contribution in [0.4, 0.5) is 10.1 Å². The molecule has 1 unspecified atom stereocenters. The Hall–Kier alpha value is -3.50. The van der Waals surface area contributed by atoms with Crippen molar-refractivity contribution >= 4 is 33.2 Å². The number of nitrogens with one attached hydrogen (secondary N) is 1. The number of ether oxygens (including phenoxy) is 3. The second-order valence-electron chi connectivity index (χ2n) is 9.35. The number of methoxy groups -OCH3 is 2. The minimum atomic E-state index is -4.33. The van der Waals surface area contributed by atoms with Crippen molar-refractivity contribution in [1.29, 1.82) is 0 Å². The summed E-state index contributed by atoms with van der Waals surface area (Å²) in [5.74, 6) is -0.108. The molecule has 0 aliphatic carbocycles. The Morgan fingerprint density at radius 3 is 2.50 bits per heavy atom. The first-order valence-electron chi connectivity index (χ1n) is 11.7. The molecule has 0 spiro atoms. The van der Waals surface area contributed by atoms with Crippen molar-refractivity contribution in [2.45, 2.75) is 36.8 Å². The minimum Gasteiger partial charge on any atom is -0.493 e. The average molecular weight is 563 g/mol. The van der Waals surface area contributed by atoms with Gasteiger partial charge in [-0.2, -0.15) is 0 Å². The molecule has 11 heteroatoms. The molecule has 0 radical (unpaired) electrons. The summed E-state index contributed by atoms with van der Waals surface area (Å²) in [4.78, 5) is 13.2. The van der Waals surface area contributed by atoms with Gasteiger partial charge in [0.1, 0.15) is 23.7 Å². The zero-order valence-electron chi connectivity index (χ0n) is 21.3. The lowest BCUT2D eigenvalue weighted by Crippen LogP contribution is -2.45. The molecule has 1 heterocycles. The van der Waals surface area contributed by atoms with E-state index < -0.39 is 39.9 Å². The Morgan fingerprint density at radius 2 is 1.82 bits per heavy atom. The smallest absolute Gasteiger partial charge is 0.264 e. The molecule has 3 aromatic carbocycles. The van der Waals surface area contributed by atoms with Gasteiger partial charge in [0.2, 0.25) is 5.91 Å². The van der Waals surface area contributed by atoms with Crippen LogP contribution in [0.3, 0.4) is 0 Å². The molecule has 1 aliphatic rings. The van der Waals surface area contributed by atoms with Gasteiger partial charge < -0.3 is 19.5 Å². The Labute approximate surface area is 226 Å². The quantitative estimate of drug-likeness (QED) is 0.410. The maximum atomic E-state index is 13.9. The fourth-order valence-electron chi connectivity index (χ4n) is 4.36. The lowest BCUT2D eigenvalue weighted by Gasteiger charge is -2.38. The topological polar surface area (TPSA) is 94.2 Å². The first-order valence-corrected chi connectivity index (χ1v) is 13.5. The van der Waals surface area contributed by atoms with Gasteiger partial charge in [0.25, 0.3) is 10.0 Å². The summed E-state index contributed by atoms with van der Waals surface area (Å²) in [7, 11) is -1.52. The van der Waals surface area contributed by atoms with Crippen LogP contribution in [0.25, 0.3) is 0 Å². The molecule has 1 amide bonds. The lowest BCUT2D eigenvalue weighted by molar-refractivity contribution is -0.120. The van der Waals surface area contributed by atoms with Crippen molar-refractivity contribution in [3.05, 3.63) is 77.1 Å². The minimum absolute atomic E-state index is 0.0223. The highest BCUT2D eigenvalue weighted by atomic mass is 35.5. The number of sulfonamides is 1. The van der Waals surface area contributed by atoms with Gasteiger partial charge in [-0.05, 0) is 50.2 Å². The van der Waals surface area contributed by atoms with Crippen molar-refractivity contribution in [2.75, 3.05) is 25.1 Å². The molecular formula is C27H28ClFN2O6S. The number of hydrogen-bond donors (Lipinski definition) is 1. The number of amides is 1. The molecule has 3 aromatic rings. The van der Waals surface area contributed by atoms with Crippen LogP contribution >= 0.6 is 11.6 Å². The summed E-state index contributed by atoms with van der Waals surface area (Å²) >= 11 is 5.97. The van der Waals surface area contributed by atoms with E-state index in [-0.39, 0.29) is 21.4 Å². The molecule has 1 N–H and O–H groups in total. The molecule has 202 valence electrons. The predicted molar refractivity (Wildman–Crippen MR) is 142 cm³/mol. The van der Waals surface area contributed by atoms with Crippen LogP contribution in [-0.4, -0.2) is 40.7 Å². The van der Waals surface area contributed by atoms with Gasteiger partial charge in [-0.25, -0.2) is 12.8 Å². The standard InChI is InChI=1S/C27H28ClFN2O6S/c1-27(2)15-22(19-7-5-6-8-23(19)37-27)30-26(32)16-31(17-9-11-21(29)20(28)13-17)38(33,34)18-10-12-24(35-3)25(14-18)36-4/h5-14,22H,15-16H2,1-4H3,(H,30,32). The number of para-hydroxylation sites is 1. The number of nitrogens with zero attached hydrogens (tertiary/aromatic N) is 1. The zero-order valence-corrected chi connectivity index (χ0v) is 22.9. The summed E-state index contributed by atoms with van der Waals surface area (Å²) < 4.78 is 58.9. The number of anilines is 1. The highest BCUT2D eigenvalue weighted by Gasteiger charge is 2.35. The van der Waals surface area contributed by atoms with Crippen molar-refractivity contribution in [1.82, 2.24) is 5.32 Å². The number of rotatable bonds is 8. The van der Waals surface area contributed by atoms with E-state index in [1.807, 2.05) is 38.1 Å². The highest BCUT2D eigenvalue weighted by Crippen LogP contribution is 2.39. The molecule has 38 heavy (non-hydrogen) atoms. The monoisotopic (exact) mass is 562 g/mol. The molecule has 0 saturated carbocycles. The van der Waals surface area contributed by atoms with Crippen LogP contribution in [0.1, 0.15) is 31.9 Å². The number of carbonyl (C=O) groups is 1. The maximum Gasteiger partial charge on any atom is 0.264 e. The van der Waals surface area contributed by atoms with Crippen LogP contribution in [0.15, 0.2) is 65.6 Å². The molecule has 0 saturated heterocycles. The maximum absolute atomic E-state index is 13.9. The van der Waals surface area contributed by atoms with E-state index in [4.69, 9.17) is 25.8 Å². The van der Waals surface area contributed by atoms with Gasteiger partial charge >= 0.3 is 0 Å². The van der Waals surface area contributed by atoms with Gasteiger partial charge in [0.05, 0.1) is 35.9 Å². The van der Waals surface area contributed by atoms with E-state index in [1.54, 1.807) is 0 Å². The Morgan fingerprint density at radius 1 is 1.11 bits per heavy atom. The third-order valence-electron chi connectivity index (χ3n) is 6.13. The summed E-state index contributed by atoms with van der Waals surface area (Å²) in [5, 5.41) is 2.66. The first-order chi connectivity index (χ1) is 17.9. The van der Waals surface area contributed by atoms with Gasteiger partial charge in [-0.3, -0.25) is 9.10 Å². The second-order valence-corrected chi connectivity index (χ2v) is 11.6. The summed E-state index contributed by atoms with van der Waals surface area (Å²) in [5.41, 5.74) is 0.260. The van der Waals surface area contributed by atoms with E-state index in [2.05, 4.69) is 5.32 Å². The summed E-state index contributed by atoms with van der Waals surface area (Å²) in [6.07, 6.45) is 0.473. The fraction of sp³-hybridized carbons (Fsp3) is 0.296. The molecule has 1 aliphatic heterocycles. The van der Waals surface area contributed by atoms with Crippen LogP contribution in [0.5, 0.6) is 17.2 Å². The Bertz CT molecular complexity index is 1460. The molecular weight excluding hydrogens is 535 g/mol. The second kappa shape index (κ2) is 10.7. The average Bonchev–Trinajstić information content (AvgIpc) is 2.87. The van der Waals surface area contributed by atoms with Crippen LogP contribution in [0.2, 0.25) is 5.02 Å². The Kier molecular flexibility index (Phi) is 7.75. The number of fused-ring (bicyclic) bond motifs is 1. The van der Waals surface area contributed by atoms with E-state index in [9.17, 15) is 17.6 Å². The lowest BCUT2D eigenvalue weighted by atomic mass is 9.89. The largest absolute Gasteiger partial charge is 0.493 e. The van der Waals surface area contributed by atoms with Crippen molar-refractivity contribution < 1.29 is 31.8 Å². The molecule has 4 rings (SSSR count). The van der Waals surface area contributed by atoms with Gasteiger partial charge in [0.15, 0.2) is 11.5 Å². The van der Waals surface area contributed by atoms with Crippen molar-refractivity contribution in [2.24, 2.45) is 0 Å². The Balaban J connectivity index is 1.70. The third-order valence-corrected chi connectivity index (χ3v) is 8.19. The van der Waals surface area contributed by atoms with Gasteiger partial charge in [-0.15, -0.1) is 0 Å². The first kappa shape index (κ1) is 27.5. The SMILES string of the molecule is COc1ccc(S(=O)(=O)N(CC(=O)NC2CC(C)(C)Oc3ccccc32)c2ccc(F)c(Cl)c2)cc1OC. The predicted octanol–water partition coefficient (Wildman–Crippen LogP) is 5.11. The van der Waals surface area contributed by atoms with Gasteiger partial charge in [-0.1, -0.05) is 29.8 Å². The number of halogens is 2. The number of carbonyl (C=O) groups excluding carboxylic acids is 1. The van der Waals surface area contributed by atoms with E-state index in [1.165, 1.54) is 38.5 Å². The van der Waals surface area contributed by atoms with E-state index >= 15 is 0 Å². The summed E-state index contributed by atoms with van der Waals surface area (Å²) in [6, 6.07) is 14.5. The van der Waals surface area contributed by atoms with Gasteiger partial charge in [0, 0.05) is 18.1 Å². The molecule has 0 aromatic heterocycles. The van der Waals surface area contributed by atoms with E-state index in [0.29, 0.717) is 17.9 Å². The van der Waals surface area contributed by atoms with Crippen LogP contribution in [-0.2, 0) is 14.8 Å². The van der Waals surface area contributed by atoms with Crippen molar-refractivity contribution in [3.8, 4) is 17.2 Å². The number of hydrogen-bond acceptors (Lipinski definition) is 6. The zero-order chi connectivity index (χ0) is 27.7. The highest BCUT2D eigenvalue weighted by molar-refractivity contribution is 7.92. The van der Waals surface area contributed by atoms with Crippen molar-refractivity contribution in [3.63, 3.8) is 0 Å². The van der Waals surface area contributed by atoms with E-state index in [0.717, 1.165) is 22.0 Å². The normalized spacial score (nSPS) is 16.1. The van der Waals surface area contributed by atoms with Crippen LogP contribution < -0.4 is 23.8 Å². The number of benzene rings is 3. The third kappa shape index (κ3) is 5.66. The van der Waals surface area contributed by atoms with Crippen LogP contribution in [0, 0.1) is 5.82 Å². The molecule has 0 fully saturated rings. The fourth-order valence-corrected chi connectivity index (χ4v) is 5.96. The molecule has 8 nitrogen and oxygen atoms in total. The summed E-state index contributed by atoms with van der Waals surface area (Å²) in [6.45, 7) is 3.24. The molecule has 0 bridgehead atoms.